The summed E-state index contributed by atoms with van der Waals surface area (Å²) in [6.07, 6.45) is 7.94. The first-order valence-corrected chi connectivity index (χ1v) is 10.9. The van der Waals surface area contributed by atoms with E-state index in [1.807, 2.05) is 19.1 Å². The zero-order valence-corrected chi connectivity index (χ0v) is 17.3. The molecule has 0 radical (unpaired) electrons. The lowest BCUT2D eigenvalue weighted by atomic mass is 9.49. The van der Waals surface area contributed by atoms with Crippen LogP contribution in [0, 0.1) is 30.1 Å². The summed E-state index contributed by atoms with van der Waals surface area (Å²) in [5.41, 5.74) is 5.53. The molecule has 4 fully saturated rings. The molecular formula is C23H28N4O3. The molecule has 7 heteroatoms. The summed E-state index contributed by atoms with van der Waals surface area (Å²) >= 11 is 0. The van der Waals surface area contributed by atoms with Gasteiger partial charge in [-0.1, -0.05) is 18.2 Å². The van der Waals surface area contributed by atoms with Crippen molar-refractivity contribution >= 4 is 22.6 Å². The summed E-state index contributed by atoms with van der Waals surface area (Å²) in [6.45, 7) is 1.57. The number of nitrogens with one attached hydrogen (secondary N) is 2. The van der Waals surface area contributed by atoms with Crippen LogP contribution < -0.4 is 16.4 Å². The molecule has 1 heterocycles. The van der Waals surface area contributed by atoms with Crippen molar-refractivity contribution in [1.82, 2.24) is 20.6 Å². The van der Waals surface area contributed by atoms with Crippen molar-refractivity contribution < 1.29 is 9.59 Å². The van der Waals surface area contributed by atoms with Gasteiger partial charge in [-0.05, 0) is 74.7 Å². The molecule has 2 N–H and O–H groups in total. The number of carbonyl (C=O) groups excluding carboxylic acids is 2. The lowest BCUT2D eigenvalue weighted by Gasteiger charge is -2.56. The summed E-state index contributed by atoms with van der Waals surface area (Å²) in [6, 6.07) is 7.22. The van der Waals surface area contributed by atoms with Crippen LogP contribution in [0.15, 0.2) is 29.1 Å². The fourth-order valence-corrected chi connectivity index (χ4v) is 6.72. The first-order chi connectivity index (χ1) is 14.4. The van der Waals surface area contributed by atoms with Crippen molar-refractivity contribution in [3.8, 4) is 0 Å². The Morgan fingerprint density at radius 1 is 1.00 bits per heavy atom. The van der Waals surface area contributed by atoms with Gasteiger partial charge in [0.2, 0.25) is 5.91 Å². The number of carbonyl (C=O) groups is 2. The molecule has 2 aromatic rings. The van der Waals surface area contributed by atoms with Gasteiger partial charge in [-0.15, -0.1) is 0 Å². The maximum Gasteiger partial charge on any atom is 0.275 e. The van der Waals surface area contributed by atoms with Crippen LogP contribution in [0.4, 0.5) is 0 Å². The van der Waals surface area contributed by atoms with Crippen LogP contribution in [-0.4, -0.2) is 21.6 Å². The fraction of sp³-hybridized carbons (Fsp3) is 0.565. The molecule has 0 aliphatic heterocycles. The minimum absolute atomic E-state index is 0.123. The molecule has 4 aliphatic rings. The Labute approximate surface area is 175 Å². The lowest BCUT2D eigenvalue weighted by molar-refractivity contribution is -0.134. The van der Waals surface area contributed by atoms with Crippen LogP contribution >= 0.6 is 0 Å². The molecule has 7 nitrogen and oxygen atoms in total. The molecule has 4 aliphatic carbocycles. The SMILES string of the molecule is Cc1nn(CC(=O)NNC(=O)CC23CC4CC(CC(C4)C2)C3)c(=O)c2ccccc12. The Morgan fingerprint density at radius 2 is 1.57 bits per heavy atom. The number of fused-ring (bicyclic) bond motifs is 1. The highest BCUT2D eigenvalue weighted by atomic mass is 16.2. The largest absolute Gasteiger partial charge is 0.275 e. The number of rotatable bonds is 4. The number of aromatic nitrogens is 2. The van der Waals surface area contributed by atoms with Gasteiger partial charge in [0.25, 0.3) is 11.5 Å². The van der Waals surface area contributed by atoms with E-state index in [0.29, 0.717) is 17.5 Å². The van der Waals surface area contributed by atoms with Crippen molar-refractivity contribution in [1.29, 1.82) is 0 Å². The molecular weight excluding hydrogens is 380 g/mol. The molecule has 0 saturated heterocycles. The van der Waals surface area contributed by atoms with E-state index >= 15 is 0 Å². The lowest BCUT2D eigenvalue weighted by Crippen LogP contribution is -2.50. The van der Waals surface area contributed by atoms with E-state index < -0.39 is 5.91 Å². The van der Waals surface area contributed by atoms with Gasteiger partial charge in [0, 0.05) is 11.8 Å². The van der Waals surface area contributed by atoms with E-state index in [0.717, 1.165) is 47.1 Å². The van der Waals surface area contributed by atoms with Crippen LogP contribution in [0.25, 0.3) is 10.8 Å². The van der Waals surface area contributed by atoms with E-state index in [9.17, 15) is 14.4 Å². The second kappa shape index (κ2) is 7.22. The minimum Gasteiger partial charge on any atom is -0.273 e. The number of amides is 2. The molecule has 158 valence electrons. The Kier molecular flexibility index (Phi) is 4.64. The fourth-order valence-electron chi connectivity index (χ4n) is 6.72. The molecule has 0 atom stereocenters. The van der Waals surface area contributed by atoms with E-state index in [1.54, 1.807) is 12.1 Å². The van der Waals surface area contributed by atoms with Gasteiger partial charge in [0.05, 0.1) is 11.1 Å². The summed E-state index contributed by atoms with van der Waals surface area (Å²) in [7, 11) is 0. The topological polar surface area (TPSA) is 93.1 Å². The first kappa shape index (κ1) is 19.3. The van der Waals surface area contributed by atoms with Crippen LogP contribution in [0.3, 0.4) is 0 Å². The highest BCUT2D eigenvalue weighted by molar-refractivity contribution is 5.84. The average molecular weight is 409 g/mol. The number of nitrogens with zero attached hydrogens (tertiary/aromatic N) is 2. The molecule has 4 saturated carbocycles. The van der Waals surface area contributed by atoms with Gasteiger partial charge in [-0.2, -0.15) is 5.10 Å². The van der Waals surface area contributed by atoms with Crippen molar-refractivity contribution in [2.75, 3.05) is 0 Å². The van der Waals surface area contributed by atoms with E-state index in [-0.39, 0.29) is 23.4 Å². The summed E-state index contributed by atoms with van der Waals surface area (Å²) in [4.78, 5) is 37.5. The predicted octanol–water partition coefficient (Wildman–Crippen LogP) is 2.46. The average Bonchev–Trinajstić information content (AvgIpc) is 2.69. The van der Waals surface area contributed by atoms with Crippen molar-refractivity contribution in [3.63, 3.8) is 0 Å². The molecule has 0 unspecified atom stereocenters. The molecule has 0 spiro atoms. The third-order valence-electron chi connectivity index (χ3n) is 7.39. The van der Waals surface area contributed by atoms with Gasteiger partial charge in [0.15, 0.2) is 0 Å². The molecule has 4 bridgehead atoms. The zero-order valence-electron chi connectivity index (χ0n) is 17.3. The molecule has 30 heavy (non-hydrogen) atoms. The normalized spacial score (nSPS) is 29.2. The Hall–Kier alpha value is -2.70. The predicted molar refractivity (Wildman–Crippen MR) is 112 cm³/mol. The van der Waals surface area contributed by atoms with Crippen LogP contribution in [-0.2, 0) is 16.1 Å². The standard InChI is InChI=1S/C23H28N4O3/c1-14-18-4-2-3-5-19(18)22(30)27(26-14)13-21(29)25-24-20(28)12-23-9-15-6-16(10-23)8-17(7-15)11-23/h2-5,15-17H,6-13H2,1H3,(H,24,28)(H,25,29). The summed E-state index contributed by atoms with van der Waals surface area (Å²) < 4.78 is 1.15. The molecule has 6 rings (SSSR count). The monoisotopic (exact) mass is 408 g/mol. The number of hydrogen-bond donors (Lipinski definition) is 2. The van der Waals surface area contributed by atoms with E-state index in [2.05, 4.69) is 16.0 Å². The molecule has 1 aromatic carbocycles. The summed E-state index contributed by atoms with van der Waals surface area (Å²) in [5, 5.41) is 5.56. The third kappa shape index (κ3) is 3.50. The highest BCUT2D eigenvalue weighted by Crippen LogP contribution is 2.61. The Bertz CT molecular complexity index is 1040. The quantitative estimate of drug-likeness (QED) is 0.760. The van der Waals surface area contributed by atoms with Crippen LogP contribution in [0.5, 0.6) is 0 Å². The maximum absolute atomic E-state index is 12.6. The van der Waals surface area contributed by atoms with Crippen molar-refractivity contribution in [2.45, 2.75) is 58.4 Å². The number of hydrogen-bond acceptors (Lipinski definition) is 4. The summed E-state index contributed by atoms with van der Waals surface area (Å²) in [5.74, 6) is 1.76. The van der Waals surface area contributed by atoms with Crippen molar-refractivity contribution in [2.24, 2.45) is 23.2 Å². The minimum atomic E-state index is -0.460. The highest BCUT2D eigenvalue weighted by Gasteiger charge is 2.51. The van der Waals surface area contributed by atoms with Crippen molar-refractivity contribution in [3.05, 3.63) is 40.3 Å². The van der Waals surface area contributed by atoms with Gasteiger partial charge in [0.1, 0.15) is 6.54 Å². The van der Waals surface area contributed by atoms with E-state index in [4.69, 9.17) is 0 Å². The van der Waals surface area contributed by atoms with Gasteiger partial charge < -0.3 is 0 Å². The smallest absolute Gasteiger partial charge is 0.273 e. The van der Waals surface area contributed by atoms with Crippen LogP contribution in [0.1, 0.15) is 50.6 Å². The third-order valence-corrected chi connectivity index (χ3v) is 7.39. The van der Waals surface area contributed by atoms with E-state index in [1.165, 1.54) is 19.3 Å². The molecule has 2 amide bonds. The van der Waals surface area contributed by atoms with Crippen LogP contribution in [0.2, 0.25) is 0 Å². The van der Waals surface area contributed by atoms with Gasteiger partial charge in [-0.25, -0.2) is 4.68 Å². The van der Waals surface area contributed by atoms with Gasteiger partial charge >= 0.3 is 0 Å². The first-order valence-electron chi connectivity index (χ1n) is 10.9. The second-order valence-corrected chi connectivity index (χ2v) is 9.78. The maximum atomic E-state index is 12.6. The zero-order chi connectivity index (χ0) is 20.9. The Morgan fingerprint density at radius 3 is 2.20 bits per heavy atom. The molecule has 1 aromatic heterocycles. The second-order valence-electron chi connectivity index (χ2n) is 9.78. The number of aryl methyl sites for hydroxylation is 1. The Balaban J connectivity index is 1.20. The number of benzene rings is 1. The number of hydrazine groups is 1. The van der Waals surface area contributed by atoms with Gasteiger partial charge in [-0.3, -0.25) is 25.2 Å².